The minimum absolute atomic E-state index is 0.136. The molecule has 5 nitrogen and oxygen atoms in total. The Kier molecular flexibility index (Phi) is 7.04. The van der Waals surface area contributed by atoms with Crippen LogP contribution in [0.4, 0.5) is 0 Å². The van der Waals surface area contributed by atoms with Gasteiger partial charge in [0.05, 0.1) is 5.75 Å². The number of thioether (sulfide) groups is 1. The molecule has 4 aromatic rings. The maximum Gasteiger partial charge on any atom is 0.191 e. The standard InChI is InChI=1S/C24H26N4OS2/c1-18-15-22(19(2)28(18)13-10-20-7-4-3-5-8-20)23(29)16-31-24-26-25-17-27(24)12-11-21-9-6-14-30-21/h3-9,14-15,17H,10-13,16H2,1-2H3. The van der Waals surface area contributed by atoms with E-state index in [1.807, 2.05) is 23.6 Å². The molecule has 0 unspecified atom stereocenters. The summed E-state index contributed by atoms with van der Waals surface area (Å²) in [7, 11) is 0. The zero-order valence-electron chi connectivity index (χ0n) is 17.8. The average molecular weight is 451 g/mol. The fourth-order valence-corrected chi connectivity index (χ4v) is 5.24. The molecule has 0 bridgehead atoms. The number of rotatable bonds is 10. The second-order valence-corrected chi connectivity index (χ2v) is 9.49. The van der Waals surface area contributed by atoms with Gasteiger partial charge in [-0.3, -0.25) is 4.79 Å². The van der Waals surface area contributed by atoms with Crippen molar-refractivity contribution < 1.29 is 4.79 Å². The van der Waals surface area contributed by atoms with Crippen LogP contribution in [0.15, 0.2) is 65.4 Å². The number of aryl methyl sites for hydroxylation is 4. The molecule has 7 heteroatoms. The van der Waals surface area contributed by atoms with Crippen molar-refractivity contribution in [3.63, 3.8) is 0 Å². The maximum atomic E-state index is 13.0. The van der Waals surface area contributed by atoms with E-state index < -0.39 is 0 Å². The Labute approximate surface area is 191 Å². The molecule has 3 aromatic heterocycles. The number of hydrogen-bond acceptors (Lipinski definition) is 5. The first-order valence-corrected chi connectivity index (χ1v) is 12.2. The van der Waals surface area contributed by atoms with Gasteiger partial charge in [0, 0.05) is 34.9 Å². The Bertz CT molecular complexity index is 1130. The van der Waals surface area contributed by atoms with Crippen LogP contribution in [0.2, 0.25) is 0 Å². The maximum absolute atomic E-state index is 13.0. The van der Waals surface area contributed by atoms with Crippen LogP contribution in [0.5, 0.6) is 0 Å². The predicted octanol–water partition coefficient (Wildman–Crippen LogP) is 5.22. The Morgan fingerprint density at radius 3 is 2.68 bits per heavy atom. The van der Waals surface area contributed by atoms with Crippen LogP contribution in [0.3, 0.4) is 0 Å². The number of nitrogens with zero attached hydrogens (tertiary/aromatic N) is 4. The Morgan fingerprint density at radius 1 is 1.06 bits per heavy atom. The number of carbonyl (C=O) groups excluding carboxylic acids is 1. The Hall–Kier alpha value is -2.64. The largest absolute Gasteiger partial charge is 0.348 e. The van der Waals surface area contributed by atoms with Gasteiger partial charge in [-0.25, -0.2) is 0 Å². The van der Waals surface area contributed by atoms with Crippen LogP contribution < -0.4 is 0 Å². The number of carbonyl (C=O) groups is 1. The summed E-state index contributed by atoms with van der Waals surface area (Å²) in [6, 6.07) is 16.7. The molecule has 31 heavy (non-hydrogen) atoms. The fourth-order valence-electron chi connectivity index (χ4n) is 3.72. The lowest BCUT2D eigenvalue weighted by molar-refractivity contribution is 0.102. The topological polar surface area (TPSA) is 52.7 Å². The van der Waals surface area contributed by atoms with Crippen molar-refractivity contribution in [2.75, 3.05) is 5.75 Å². The third kappa shape index (κ3) is 5.35. The molecule has 0 spiro atoms. The first-order valence-electron chi connectivity index (χ1n) is 10.4. The summed E-state index contributed by atoms with van der Waals surface area (Å²) >= 11 is 3.22. The van der Waals surface area contributed by atoms with E-state index in [2.05, 4.69) is 63.5 Å². The van der Waals surface area contributed by atoms with Gasteiger partial charge in [0.2, 0.25) is 0 Å². The molecule has 0 saturated carbocycles. The first-order chi connectivity index (χ1) is 15.1. The summed E-state index contributed by atoms with van der Waals surface area (Å²) in [5.41, 5.74) is 4.28. The lowest BCUT2D eigenvalue weighted by atomic mass is 10.1. The predicted molar refractivity (Wildman–Crippen MR) is 127 cm³/mol. The fraction of sp³-hybridized carbons (Fsp3) is 0.292. The quantitative estimate of drug-likeness (QED) is 0.246. The second kappa shape index (κ2) is 10.1. The molecule has 0 aliphatic carbocycles. The molecular formula is C24H26N4OS2. The monoisotopic (exact) mass is 450 g/mol. The molecule has 0 fully saturated rings. The summed E-state index contributed by atoms with van der Waals surface area (Å²) < 4.78 is 4.27. The molecule has 0 saturated heterocycles. The van der Waals surface area contributed by atoms with E-state index in [1.165, 1.54) is 22.2 Å². The SMILES string of the molecule is Cc1cc(C(=O)CSc2nncn2CCc2cccs2)c(C)n1CCc1ccccc1. The third-order valence-corrected chi connectivity index (χ3v) is 7.35. The number of thiophene rings is 1. The van der Waals surface area contributed by atoms with E-state index in [9.17, 15) is 4.79 Å². The van der Waals surface area contributed by atoms with E-state index in [-0.39, 0.29) is 5.78 Å². The molecular weight excluding hydrogens is 424 g/mol. The van der Waals surface area contributed by atoms with Crippen LogP contribution in [-0.4, -0.2) is 30.9 Å². The highest BCUT2D eigenvalue weighted by Gasteiger charge is 2.17. The van der Waals surface area contributed by atoms with Gasteiger partial charge in [0.15, 0.2) is 10.9 Å². The number of hydrogen-bond donors (Lipinski definition) is 0. The molecule has 0 N–H and O–H groups in total. The van der Waals surface area contributed by atoms with E-state index in [1.54, 1.807) is 17.7 Å². The molecule has 0 radical (unpaired) electrons. The summed E-state index contributed by atoms with van der Waals surface area (Å²) in [5, 5.41) is 11.1. The van der Waals surface area contributed by atoms with Gasteiger partial charge in [0.1, 0.15) is 6.33 Å². The highest BCUT2D eigenvalue weighted by atomic mass is 32.2. The highest BCUT2D eigenvalue weighted by Crippen LogP contribution is 2.22. The summed E-state index contributed by atoms with van der Waals surface area (Å²) in [6.45, 7) is 5.81. The molecule has 160 valence electrons. The number of aromatic nitrogens is 4. The van der Waals surface area contributed by atoms with E-state index in [4.69, 9.17) is 0 Å². The molecule has 0 aliphatic rings. The Balaban J connectivity index is 1.36. The van der Waals surface area contributed by atoms with Gasteiger partial charge in [-0.2, -0.15) is 0 Å². The van der Waals surface area contributed by atoms with E-state index in [0.717, 1.165) is 48.0 Å². The van der Waals surface area contributed by atoms with E-state index >= 15 is 0 Å². The van der Waals surface area contributed by atoms with Crippen molar-refractivity contribution in [3.8, 4) is 0 Å². The molecule has 1 aromatic carbocycles. The van der Waals surface area contributed by atoms with Crippen molar-refractivity contribution in [1.29, 1.82) is 0 Å². The van der Waals surface area contributed by atoms with Crippen LogP contribution >= 0.6 is 23.1 Å². The van der Waals surface area contributed by atoms with E-state index in [0.29, 0.717) is 5.75 Å². The minimum Gasteiger partial charge on any atom is -0.348 e. The zero-order chi connectivity index (χ0) is 21.6. The number of ketones is 1. The summed E-state index contributed by atoms with van der Waals surface area (Å²) in [4.78, 5) is 14.3. The first kappa shape index (κ1) is 21.6. The normalized spacial score (nSPS) is 11.2. The molecule has 0 aliphatic heterocycles. The van der Waals surface area contributed by atoms with Gasteiger partial charge in [-0.05, 0) is 49.8 Å². The van der Waals surface area contributed by atoms with Gasteiger partial charge in [-0.15, -0.1) is 21.5 Å². The summed E-state index contributed by atoms with van der Waals surface area (Å²) in [5.74, 6) is 0.498. The van der Waals surface area contributed by atoms with Crippen LogP contribution in [0.1, 0.15) is 32.2 Å². The van der Waals surface area contributed by atoms with Crippen molar-refractivity contribution in [2.45, 2.75) is 44.9 Å². The van der Waals surface area contributed by atoms with Gasteiger partial charge >= 0.3 is 0 Å². The molecule has 0 atom stereocenters. The van der Waals surface area contributed by atoms with Crippen molar-refractivity contribution in [1.82, 2.24) is 19.3 Å². The minimum atomic E-state index is 0.136. The van der Waals surface area contributed by atoms with Crippen molar-refractivity contribution in [3.05, 3.63) is 87.6 Å². The number of benzene rings is 1. The Morgan fingerprint density at radius 2 is 1.90 bits per heavy atom. The van der Waals surface area contributed by atoms with Crippen LogP contribution in [0, 0.1) is 13.8 Å². The lowest BCUT2D eigenvalue weighted by Crippen LogP contribution is -2.09. The van der Waals surface area contributed by atoms with Crippen molar-refractivity contribution >= 4 is 28.9 Å². The van der Waals surface area contributed by atoms with Crippen LogP contribution in [-0.2, 0) is 25.9 Å². The summed E-state index contributed by atoms with van der Waals surface area (Å²) in [6.07, 6.45) is 3.64. The second-order valence-electron chi connectivity index (χ2n) is 7.52. The highest BCUT2D eigenvalue weighted by molar-refractivity contribution is 7.99. The van der Waals surface area contributed by atoms with Gasteiger partial charge < -0.3 is 9.13 Å². The zero-order valence-corrected chi connectivity index (χ0v) is 19.5. The third-order valence-electron chi connectivity index (χ3n) is 5.43. The van der Waals surface area contributed by atoms with Crippen molar-refractivity contribution in [2.24, 2.45) is 0 Å². The molecule has 0 amide bonds. The smallest absolute Gasteiger partial charge is 0.191 e. The van der Waals surface area contributed by atoms with Gasteiger partial charge in [-0.1, -0.05) is 48.2 Å². The average Bonchev–Trinajstić information content (AvgIpc) is 3.51. The van der Waals surface area contributed by atoms with Crippen LogP contribution in [0.25, 0.3) is 0 Å². The molecule has 4 rings (SSSR count). The number of Topliss-reactive ketones (excluding diaryl/α,β-unsaturated/α-hetero) is 1. The molecule has 3 heterocycles. The lowest BCUT2D eigenvalue weighted by Gasteiger charge is -2.10. The van der Waals surface area contributed by atoms with Gasteiger partial charge in [0.25, 0.3) is 0 Å².